The van der Waals surface area contributed by atoms with Crippen LogP contribution < -0.4 is 5.32 Å². The summed E-state index contributed by atoms with van der Waals surface area (Å²) in [6.07, 6.45) is 5.57. The third-order valence-electron chi connectivity index (χ3n) is 3.41. The molecular weight excluding hydrogens is 250 g/mol. The van der Waals surface area contributed by atoms with Crippen molar-refractivity contribution in [1.82, 2.24) is 5.32 Å². The Hall–Kier alpha value is -0.340. The van der Waals surface area contributed by atoms with Gasteiger partial charge in [0.25, 0.3) is 0 Å². The molecule has 0 heterocycles. The molecule has 15 heavy (non-hydrogen) atoms. The molecule has 1 atom stereocenters. The lowest BCUT2D eigenvalue weighted by atomic mass is 9.79. The van der Waals surface area contributed by atoms with Gasteiger partial charge < -0.3 is 5.32 Å². The van der Waals surface area contributed by atoms with Crippen LogP contribution in [0.5, 0.6) is 0 Å². The first-order valence-corrected chi connectivity index (χ1v) is 6.51. The van der Waals surface area contributed by atoms with Gasteiger partial charge in [-0.3, -0.25) is 0 Å². The van der Waals surface area contributed by atoms with Gasteiger partial charge in [0.2, 0.25) is 0 Å². The SMILES string of the molecule is CNC(CC1CCC1)c1ccc(Br)cc1. The molecule has 1 fully saturated rings. The van der Waals surface area contributed by atoms with Crippen molar-refractivity contribution in [3.05, 3.63) is 34.3 Å². The van der Waals surface area contributed by atoms with Crippen LogP contribution >= 0.6 is 15.9 Å². The van der Waals surface area contributed by atoms with Gasteiger partial charge in [0.05, 0.1) is 0 Å². The van der Waals surface area contributed by atoms with Gasteiger partial charge in [-0.15, -0.1) is 0 Å². The third kappa shape index (κ3) is 2.82. The summed E-state index contributed by atoms with van der Waals surface area (Å²) >= 11 is 3.47. The Morgan fingerprint density at radius 3 is 2.47 bits per heavy atom. The standard InChI is InChI=1S/C13H18BrN/c1-15-13(9-10-3-2-4-10)11-5-7-12(14)8-6-11/h5-8,10,13,15H,2-4,9H2,1H3. The molecule has 82 valence electrons. The lowest BCUT2D eigenvalue weighted by Gasteiger charge is -2.29. The summed E-state index contributed by atoms with van der Waals surface area (Å²) in [7, 11) is 2.06. The average molecular weight is 268 g/mol. The smallest absolute Gasteiger partial charge is 0.0320 e. The fraction of sp³-hybridized carbons (Fsp3) is 0.538. The second-order valence-corrected chi connectivity index (χ2v) is 5.34. The monoisotopic (exact) mass is 267 g/mol. The molecule has 1 aliphatic carbocycles. The van der Waals surface area contributed by atoms with Crippen molar-refractivity contribution in [3.63, 3.8) is 0 Å². The highest BCUT2D eigenvalue weighted by Crippen LogP contribution is 2.34. The molecule has 1 aromatic rings. The fourth-order valence-corrected chi connectivity index (χ4v) is 2.44. The van der Waals surface area contributed by atoms with Crippen LogP contribution in [0.4, 0.5) is 0 Å². The molecule has 0 amide bonds. The lowest BCUT2D eigenvalue weighted by Crippen LogP contribution is -2.23. The second kappa shape index (κ2) is 5.13. The van der Waals surface area contributed by atoms with Gasteiger partial charge in [-0.2, -0.15) is 0 Å². The fourth-order valence-electron chi connectivity index (χ4n) is 2.18. The molecule has 1 N–H and O–H groups in total. The van der Waals surface area contributed by atoms with Crippen LogP contribution in [0.25, 0.3) is 0 Å². The Morgan fingerprint density at radius 1 is 1.33 bits per heavy atom. The van der Waals surface area contributed by atoms with Crippen LogP contribution in [0, 0.1) is 5.92 Å². The van der Waals surface area contributed by atoms with Crippen LogP contribution in [0.3, 0.4) is 0 Å². The summed E-state index contributed by atoms with van der Waals surface area (Å²) in [5.41, 5.74) is 1.41. The van der Waals surface area contributed by atoms with E-state index in [-0.39, 0.29) is 0 Å². The summed E-state index contributed by atoms with van der Waals surface area (Å²) in [5.74, 6) is 0.950. The first kappa shape index (κ1) is 11.2. The molecule has 0 aliphatic heterocycles. The normalized spacial score (nSPS) is 18.5. The number of rotatable bonds is 4. The number of halogens is 1. The molecule has 1 unspecified atom stereocenters. The van der Waals surface area contributed by atoms with E-state index >= 15 is 0 Å². The van der Waals surface area contributed by atoms with E-state index in [2.05, 4.69) is 52.6 Å². The Morgan fingerprint density at radius 2 is 2.00 bits per heavy atom. The molecule has 2 rings (SSSR count). The minimum Gasteiger partial charge on any atom is -0.313 e. The van der Waals surface area contributed by atoms with Gasteiger partial charge in [-0.25, -0.2) is 0 Å². The number of hydrogen-bond acceptors (Lipinski definition) is 1. The zero-order valence-electron chi connectivity index (χ0n) is 9.17. The Kier molecular flexibility index (Phi) is 3.81. The minimum absolute atomic E-state index is 0.531. The maximum absolute atomic E-state index is 3.47. The van der Waals surface area contributed by atoms with Gasteiger partial charge in [0.1, 0.15) is 0 Å². The second-order valence-electron chi connectivity index (χ2n) is 4.43. The molecule has 0 bridgehead atoms. The maximum atomic E-state index is 3.47. The molecule has 1 saturated carbocycles. The van der Waals surface area contributed by atoms with Gasteiger partial charge in [0, 0.05) is 10.5 Å². The molecule has 0 saturated heterocycles. The molecule has 0 radical (unpaired) electrons. The third-order valence-corrected chi connectivity index (χ3v) is 3.94. The maximum Gasteiger partial charge on any atom is 0.0320 e. The van der Waals surface area contributed by atoms with E-state index in [4.69, 9.17) is 0 Å². The van der Waals surface area contributed by atoms with Crippen LogP contribution in [0.2, 0.25) is 0 Å². The molecular formula is C13H18BrN. The Bertz CT molecular complexity index is 303. The Labute approximate surface area is 100 Å². The minimum atomic E-state index is 0.531. The lowest BCUT2D eigenvalue weighted by molar-refractivity contribution is 0.265. The van der Waals surface area contributed by atoms with Crippen molar-refractivity contribution in [2.24, 2.45) is 5.92 Å². The van der Waals surface area contributed by atoms with E-state index < -0.39 is 0 Å². The molecule has 1 aliphatic rings. The van der Waals surface area contributed by atoms with Gasteiger partial charge in [-0.05, 0) is 37.1 Å². The van der Waals surface area contributed by atoms with Gasteiger partial charge in [0.15, 0.2) is 0 Å². The van der Waals surface area contributed by atoms with Crippen molar-refractivity contribution in [3.8, 4) is 0 Å². The van der Waals surface area contributed by atoms with E-state index in [1.54, 1.807) is 0 Å². The Balaban J connectivity index is 2.01. The first-order chi connectivity index (χ1) is 7.29. The number of hydrogen-bond donors (Lipinski definition) is 1. The largest absolute Gasteiger partial charge is 0.313 e. The van der Waals surface area contributed by atoms with E-state index in [0.717, 1.165) is 10.4 Å². The van der Waals surface area contributed by atoms with Crippen LogP contribution in [-0.4, -0.2) is 7.05 Å². The number of benzene rings is 1. The molecule has 1 nitrogen and oxygen atoms in total. The summed E-state index contributed by atoms with van der Waals surface area (Å²) in [5, 5.41) is 3.42. The molecule has 2 heteroatoms. The zero-order valence-corrected chi connectivity index (χ0v) is 10.8. The predicted molar refractivity (Wildman–Crippen MR) is 67.9 cm³/mol. The number of nitrogens with one attached hydrogen (secondary N) is 1. The summed E-state index contributed by atoms with van der Waals surface area (Å²) in [6, 6.07) is 9.21. The molecule has 0 spiro atoms. The van der Waals surface area contributed by atoms with Crippen LogP contribution in [-0.2, 0) is 0 Å². The van der Waals surface area contributed by atoms with Crippen molar-refractivity contribution >= 4 is 15.9 Å². The van der Waals surface area contributed by atoms with Crippen molar-refractivity contribution in [1.29, 1.82) is 0 Å². The zero-order chi connectivity index (χ0) is 10.7. The van der Waals surface area contributed by atoms with E-state index in [0.29, 0.717) is 6.04 Å². The average Bonchev–Trinajstić information content (AvgIpc) is 2.19. The first-order valence-electron chi connectivity index (χ1n) is 5.72. The van der Waals surface area contributed by atoms with Crippen molar-refractivity contribution in [2.45, 2.75) is 31.7 Å². The van der Waals surface area contributed by atoms with Crippen molar-refractivity contribution < 1.29 is 0 Å². The van der Waals surface area contributed by atoms with E-state index in [1.807, 2.05) is 0 Å². The van der Waals surface area contributed by atoms with E-state index in [1.165, 1.54) is 31.2 Å². The molecule has 0 aromatic heterocycles. The van der Waals surface area contributed by atoms with Crippen LogP contribution in [0.1, 0.15) is 37.3 Å². The predicted octanol–water partition coefficient (Wildman–Crippen LogP) is 3.90. The van der Waals surface area contributed by atoms with Crippen molar-refractivity contribution in [2.75, 3.05) is 7.05 Å². The topological polar surface area (TPSA) is 12.0 Å². The summed E-state index contributed by atoms with van der Waals surface area (Å²) < 4.78 is 1.16. The quantitative estimate of drug-likeness (QED) is 0.873. The van der Waals surface area contributed by atoms with Gasteiger partial charge in [-0.1, -0.05) is 47.3 Å². The summed E-state index contributed by atoms with van der Waals surface area (Å²) in [6.45, 7) is 0. The molecule has 1 aromatic carbocycles. The van der Waals surface area contributed by atoms with E-state index in [9.17, 15) is 0 Å². The highest BCUT2D eigenvalue weighted by Gasteiger charge is 2.21. The van der Waals surface area contributed by atoms with Crippen LogP contribution in [0.15, 0.2) is 28.7 Å². The summed E-state index contributed by atoms with van der Waals surface area (Å²) in [4.78, 5) is 0. The highest BCUT2D eigenvalue weighted by molar-refractivity contribution is 9.10. The van der Waals surface area contributed by atoms with Gasteiger partial charge >= 0.3 is 0 Å². The highest BCUT2D eigenvalue weighted by atomic mass is 79.9.